The molecule has 1 N–H and O–H groups in total. The van der Waals surface area contributed by atoms with Gasteiger partial charge < -0.3 is 10.1 Å². The van der Waals surface area contributed by atoms with Gasteiger partial charge in [0, 0.05) is 55.1 Å². The lowest BCUT2D eigenvalue weighted by Gasteiger charge is -2.38. The molecule has 8 nitrogen and oxygen atoms in total. The third kappa shape index (κ3) is 4.55. The second-order valence-corrected chi connectivity index (χ2v) is 8.19. The Morgan fingerprint density at radius 1 is 1.00 bits per heavy atom. The van der Waals surface area contributed by atoms with Crippen LogP contribution in [-0.2, 0) is 9.53 Å². The molecule has 3 aromatic heterocycles. The molecule has 0 spiro atoms. The van der Waals surface area contributed by atoms with E-state index in [9.17, 15) is 4.79 Å². The summed E-state index contributed by atoms with van der Waals surface area (Å²) in [4.78, 5) is 32.9. The number of hydrogen-bond acceptors (Lipinski definition) is 7. The number of rotatable bonds is 4. The molecule has 3 aromatic rings. The first-order valence-electron chi connectivity index (χ1n) is 10.9. The van der Waals surface area contributed by atoms with Gasteiger partial charge in [-0.05, 0) is 37.8 Å². The van der Waals surface area contributed by atoms with Crippen molar-refractivity contribution in [3.05, 3.63) is 43.0 Å². The molecule has 1 saturated heterocycles. The molecule has 2 aliphatic rings. The summed E-state index contributed by atoms with van der Waals surface area (Å²) in [5, 5.41) is 3.92. The quantitative estimate of drug-likeness (QED) is 0.696. The number of nitrogens with one attached hydrogen (secondary N) is 1. The van der Waals surface area contributed by atoms with Gasteiger partial charge in [0.1, 0.15) is 11.5 Å². The molecule has 0 aromatic carbocycles. The number of carbonyl (C=O) groups is 1. The first-order valence-corrected chi connectivity index (χ1v) is 10.9. The Bertz CT molecular complexity index is 1050. The Labute approximate surface area is 181 Å². The highest BCUT2D eigenvalue weighted by atomic mass is 16.5. The van der Waals surface area contributed by atoms with Crippen molar-refractivity contribution in [1.29, 1.82) is 0 Å². The molecule has 8 heteroatoms. The minimum absolute atomic E-state index is 0.0358. The number of hydrogen-bond donors (Lipinski definition) is 1. The molecule has 0 bridgehead atoms. The van der Waals surface area contributed by atoms with Gasteiger partial charge in [-0.15, -0.1) is 0 Å². The molecular formula is C23H26N6O2. The number of carbonyl (C=O) groups excluding carboxylic acids is 1. The number of anilines is 1. The fourth-order valence-electron chi connectivity index (χ4n) is 4.53. The zero-order chi connectivity index (χ0) is 21.0. The number of pyridine rings is 2. The van der Waals surface area contributed by atoms with Crippen molar-refractivity contribution in [2.24, 2.45) is 5.92 Å². The molecular weight excluding hydrogens is 392 g/mol. The second kappa shape index (κ2) is 9.03. The lowest BCUT2D eigenvalue weighted by molar-refractivity contribution is -0.121. The van der Waals surface area contributed by atoms with Crippen LogP contribution in [0.3, 0.4) is 0 Å². The highest BCUT2D eigenvalue weighted by Crippen LogP contribution is 2.29. The summed E-state index contributed by atoms with van der Waals surface area (Å²) in [6.07, 6.45) is 10.7. The van der Waals surface area contributed by atoms with Gasteiger partial charge in [0.2, 0.25) is 5.91 Å². The number of amides is 1. The Morgan fingerprint density at radius 3 is 2.61 bits per heavy atom. The molecule has 31 heavy (non-hydrogen) atoms. The Morgan fingerprint density at radius 2 is 1.84 bits per heavy atom. The van der Waals surface area contributed by atoms with Gasteiger partial charge in [0.25, 0.3) is 0 Å². The summed E-state index contributed by atoms with van der Waals surface area (Å²) < 4.78 is 5.45. The molecule has 0 unspecified atom stereocenters. The van der Waals surface area contributed by atoms with Gasteiger partial charge in [0.05, 0.1) is 30.6 Å². The Kier molecular flexibility index (Phi) is 5.82. The normalized spacial score (nSPS) is 22.3. The molecule has 1 saturated carbocycles. The number of morpholine rings is 1. The third-order valence-electron chi connectivity index (χ3n) is 6.28. The fraction of sp³-hybridized carbons (Fsp3) is 0.435. The van der Waals surface area contributed by atoms with Crippen LogP contribution in [0.25, 0.3) is 22.3 Å². The van der Waals surface area contributed by atoms with Crippen molar-refractivity contribution in [1.82, 2.24) is 24.8 Å². The topological polar surface area (TPSA) is 93.1 Å². The van der Waals surface area contributed by atoms with Crippen LogP contribution in [0.2, 0.25) is 0 Å². The van der Waals surface area contributed by atoms with E-state index in [2.05, 4.69) is 30.2 Å². The van der Waals surface area contributed by atoms with Gasteiger partial charge >= 0.3 is 0 Å². The minimum atomic E-state index is 0.0358. The Hall–Kier alpha value is -2.97. The number of aromatic nitrogens is 4. The average Bonchev–Trinajstić information content (AvgIpc) is 2.85. The lowest BCUT2D eigenvalue weighted by Crippen LogP contribution is -2.45. The molecule has 4 heterocycles. The SMILES string of the molecule is O=C(Nc1cc2nc(-c3cnccn3)ccc2cn1)[C@H]1CC[C@H](N2CCOCC2)CC1. The van der Waals surface area contributed by atoms with Crippen LogP contribution in [0.1, 0.15) is 25.7 Å². The van der Waals surface area contributed by atoms with Gasteiger partial charge in [-0.25, -0.2) is 9.97 Å². The van der Waals surface area contributed by atoms with Crippen molar-refractivity contribution >= 4 is 22.6 Å². The van der Waals surface area contributed by atoms with E-state index in [1.165, 1.54) is 0 Å². The van der Waals surface area contributed by atoms with E-state index in [0.29, 0.717) is 17.6 Å². The van der Waals surface area contributed by atoms with Gasteiger partial charge in [-0.3, -0.25) is 19.7 Å². The predicted molar refractivity (Wildman–Crippen MR) is 117 cm³/mol. The van der Waals surface area contributed by atoms with Gasteiger partial charge in [-0.1, -0.05) is 0 Å². The zero-order valence-corrected chi connectivity index (χ0v) is 17.4. The summed E-state index contributed by atoms with van der Waals surface area (Å²) in [6.45, 7) is 3.65. The summed E-state index contributed by atoms with van der Waals surface area (Å²) in [7, 11) is 0. The third-order valence-corrected chi connectivity index (χ3v) is 6.28. The highest BCUT2D eigenvalue weighted by molar-refractivity contribution is 5.93. The molecule has 0 atom stereocenters. The monoisotopic (exact) mass is 418 g/mol. The van der Waals surface area contributed by atoms with Gasteiger partial charge in [0.15, 0.2) is 0 Å². The highest BCUT2D eigenvalue weighted by Gasteiger charge is 2.30. The van der Waals surface area contributed by atoms with Crippen LogP contribution >= 0.6 is 0 Å². The van der Waals surface area contributed by atoms with Crippen molar-refractivity contribution in [3.63, 3.8) is 0 Å². The lowest BCUT2D eigenvalue weighted by atomic mass is 9.84. The van der Waals surface area contributed by atoms with Crippen molar-refractivity contribution < 1.29 is 9.53 Å². The molecule has 1 amide bonds. The predicted octanol–water partition coefficient (Wildman–Crippen LogP) is 2.92. The fourth-order valence-corrected chi connectivity index (χ4v) is 4.53. The Balaban J connectivity index is 1.24. The van der Waals surface area contributed by atoms with Crippen LogP contribution in [0, 0.1) is 5.92 Å². The summed E-state index contributed by atoms with van der Waals surface area (Å²) in [5.41, 5.74) is 2.22. The van der Waals surface area contributed by atoms with Crippen LogP contribution in [0.5, 0.6) is 0 Å². The maximum Gasteiger partial charge on any atom is 0.228 e. The van der Waals surface area contributed by atoms with E-state index < -0.39 is 0 Å². The van der Waals surface area contributed by atoms with E-state index in [1.807, 2.05) is 18.2 Å². The van der Waals surface area contributed by atoms with Crippen LogP contribution in [-0.4, -0.2) is 63.1 Å². The molecule has 5 rings (SSSR count). The van der Waals surface area contributed by atoms with Crippen LogP contribution in [0.4, 0.5) is 5.82 Å². The van der Waals surface area contributed by atoms with E-state index in [1.54, 1.807) is 24.8 Å². The summed E-state index contributed by atoms with van der Waals surface area (Å²) >= 11 is 0. The number of ether oxygens (including phenoxy) is 1. The first kappa shape index (κ1) is 20.0. The summed E-state index contributed by atoms with van der Waals surface area (Å²) in [6, 6.07) is 6.26. The van der Waals surface area contributed by atoms with Gasteiger partial charge in [-0.2, -0.15) is 0 Å². The summed E-state index contributed by atoms with van der Waals surface area (Å²) in [5.74, 6) is 0.627. The van der Waals surface area contributed by atoms with Crippen molar-refractivity contribution in [2.75, 3.05) is 31.6 Å². The van der Waals surface area contributed by atoms with E-state index in [-0.39, 0.29) is 11.8 Å². The molecule has 1 aliphatic carbocycles. The van der Waals surface area contributed by atoms with Crippen molar-refractivity contribution in [3.8, 4) is 11.4 Å². The minimum Gasteiger partial charge on any atom is -0.379 e. The molecule has 1 aliphatic heterocycles. The van der Waals surface area contributed by atoms with Crippen LogP contribution in [0.15, 0.2) is 43.0 Å². The molecule has 0 radical (unpaired) electrons. The number of nitrogens with zero attached hydrogens (tertiary/aromatic N) is 5. The van der Waals surface area contributed by atoms with E-state index >= 15 is 0 Å². The average molecular weight is 419 g/mol. The van der Waals surface area contributed by atoms with Crippen LogP contribution < -0.4 is 5.32 Å². The largest absolute Gasteiger partial charge is 0.379 e. The van der Waals surface area contributed by atoms with E-state index in [0.717, 1.165) is 68.6 Å². The van der Waals surface area contributed by atoms with E-state index in [4.69, 9.17) is 4.74 Å². The molecule has 2 fully saturated rings. The first-order chi connectivity index (χ1) is 15.3. The maximum atomic E-state index is 12.9. The maximum absolute atomic E-state index is 12.9. The molecule has 160 valence electrons. The number of fused-ring (bicyclic) bond motifs is 1. The van der Waals surface area contributed by atoms with Crippen molar-refractivity contribution in [2.45, 2.75) is 31.7 Å². The zero-order valence-electron chi connectivity index (χ0n) is 17.4. The standard InChI is InChI=1S/C23H26N6O2/c30-23(16-1-4-18(5-2-16)29-9-11-31-12-10-29)28-22-13-20-17(14-26-22)3-6-19(27-20)21-15-24-7-8-25-21/h3,6-8,13-16,18H,1-2,4-5,9-12H2,(H,26,28,30)/t16-,18-. The smallest absolute Gasteiger partial charge is 0.228 e. The second-order valence-electron chi connectivity index (χ2n) is 8.19.